The number of nitrogens with zero attached hydrogens (tertiary/aromatic N) is 3. The largest absolute Gasteiger partial charge is 0.353 e. The van der Waals surface area contributed by atoms with Gasteiger partial charge in [-0.25, -0.2) is 0 Å². The second-order valence-electron chi connectivity index (χ2n) is 7.66. The zero-order valence-electron chi connectivity index (χ0n) is 15.8. The van der Waals surface area contributed by atoms with Crippen LogP contribution in [0.25, 0.3) is 0 Å². The number of aryl methyl sites for hydroxylation is 2. The molecule has 0 radical (unpaired) electrons. The first-order valence-corrected chi connectivity index (χ1v) is 9.52. The summed E-state index contributed by atoms with van der Waals surface area (Å²) in [5.74, 6) is -0.0516. The molecule has 1 saturated heterocycles. The van der Waals surface area contributed by atoms with Crippen molar-refractivity contribution in [2.75, 3.05) is 0 Å². The van der Waals surface area contributed by atoms with E-state index in [4.69, 9.17) is 0 Å². The van der Waals surface area contributed by atoms with Gasteiger partial charge in [0, 0.05) is 37.0 Å². The number of likely N-dealkylation sites (tertiary alicyclic amines) is 1. The van der Waals surface area contributed by atoms with Crippen molar-refractivity contribution in [1.82, 2.24) is 20.0 Å². The van der Waals surface area contributed by atoms with Crippen molar-refractivity contribution >= 4 is 17.7 Å². The van der Waals surface area contributed by atoms with E-state index in [1.165, 1.54) is 4.90 Å². The van der Waals surface area contributed by atoms with E-state index in [0.717, 1.165) is 37.1 Å². The molecule has 1 aliphatic carbocycles. The Labute approximate surface area is 154 Å². The van der Waals surface area contributed by atoms with Crippen molar-refractivity contribution in [3.8, 4) is 0 Å². The average Bonchev–Trinajstić information content (AvgIpc) is 3.09. The summed E-state index contributed by atoms with van der Waals surface area (Å²) in [7, 11) is 0. The van der Waals surface area contributed by atoms with Crippen LogP contribution < -0.4 is 5.32 Å². The third-order valence-corrected chi connectivity index (χ3v) is 5.46. The van der Waals surface area contributed by atoms with Crippen molar-refractivity contribution < 1.29 is 14.4 Å². The van der Waals surface area contributed by atoms with Crippen LogP contribution in [-0.4, -0.2) is 44.5 Å². The summed E-state index contributed by atoms with van der Waals surface area (Å²) in [4.78, 5) is 37.6. The standard InChI is InChI=1S/C19H28N4O3/c1-12-10-13(2)23(21-12)14(3)11-17(24)20-15-4-6-16(7-5-15)22-18(25)8-9-19(22)26/h10,14-16H,4-9,11H2,1-3H3,(H,20,24). The minimum atomic E-state index is -0.0406. The van der Waals surface area contributed by atoms with Gasteiger partial charge < -0.3 is 5.32 Å². The molecule has 0 spiro atoms. The Morgan fingerprint density at radius 3 is 2.35 bits per heavy atom. The summed E-state index contributed by atoms with van der Waals surface area (Å²) in [6.07, 6.45) is 4.25. The molecule has 1 aromatic rings. The fourth-order valence-corrected chi connectivity index (χ4v) is 4.21. The Hall–Kier alpha value is -2.18. The first-order valence-electron chi connectivity index (χ1n) is 9.52. The molecule has 1 saturated carbocycles. The van der Waals surface area contributed by atoms with Crippen LogP contribution in [-0.2, 0) is 14.4 Å². The topological polar surface area (TPSA) is 84.3 Å². The Bertz CT molecular complexity index is 688. The van der Waals surface area contributed by atoms with E-state index >= 15 is 0 Å². The predicted octanol–water partition coefficient (Wildman–Crippen LogP) is 2.03. The molecule has 0 bridgehead atoms. The van der Waals surface area contributed by atoms with Crippen LogP contribution in [0.5, 0.6) is 0 Å². The molecule has 2 fully saturated rings. The number of amides is 3. The number of carbonyl (C=O) groups excluding carboxylic acids is 3. The molecule has 1 unspecified atom stereocenters. The monoisotopic (exact) mass is 360 g/mol. The number of aromatic nitrogens is 2. The van der Waals surface area contributed by atoms with Gasteiger partial charge in [0.15, 0.2) is 0 Å². The second-order valence-corrected chi connectivity index (χ2v) is 7.66. The summed E-state index contributed by atoms with van der Waals surface area (Å²) >= 11 is 0. The van der Waals surface area contributed by atoms with Gasteiger partial charge >= 0.3 is 0 Å². The lowest BCUT2D eigenvalue weighted by atomic mass is 9.90. The Balaban J connectivity index is 1.47. The molecule has 1 N–H and O–H groups in total. The molecule has 7 nitrogen and oxygen atoms in total. The first-order chi connectivity index (χ1) is 12.3. The molecule has 1 atom stereocenters. The van der Waals surface area contributed by atoms with Crippen LogP contribution in [0.1, 0.15) is 69.3 Å². The highest BCUT2D eigenvalue weighted by Crippen LogP contribution is 2.27. The summed E-state index contributed by atoms with van der Waals surface area (Å²) in [6, 6.07) is 2.16. The van der Waals surface area contributed by atoms with E-state index in [0.29, 0.717) is 19.3 Å². The summed E-state index contributed by atoms with van der Waals surface area (Å²) < 4.78 is 1.90. The van der Waals surface area contributed by atoms with Gasteiger partial charge in [-0.2, -0.15) is 5.10 Å². The van der Waals surface area contributed by atoms with Crippen molar-refractivity contribution in [3.63, 3.8) is 0 Å². The molecular formula is C19H28N4O3. The SMILES string of the molecule is Cc1cc(C)n(C(C)CC(=O)NC2CCC(N3C(=O)CCC3=O)CC2)n1. The molecule has 0 aromatic carbocycles. The second kappa shape index (κ2) is 7.60. The highest BCUT2D eigenvalue weighted by atomic mass is 16.2. The van der Waals surface area contributed by atoms with Crippen LogP contribution in [0.15, 0.2) is 6.07 Å². The van der Waals surface area contributed by atoms with Crippen molar-refractivity contribution in [1.29, 1.82) is 0 Å². The van der Waals surface area contributed by atoms with Gasteiger partial charge in [-0.1, -0.05) is 0 Å². The van der Waals surface area contributed by atoms with Crippen LogP contribution >= 0.6 is 0 Å². The third kappa shape index (κ3) is 3.97. The van der Waals surface area contributed by atoms with Crippen LogP contribution in [0, 0.1) is 13.8 Å². The number of rotatable bonds is 5. The Kier molecular flexibility index (Phi) is 5.44. The van der Waals surface area contributed by atoms with E-state index in [-0.39, 0.29) is 35.8 Å². The lowest BCUT2D eigenvalue weighted by molar-refractivity contribution is -0.142. The van der Waals surface area contributed by atoms with Crippen molar-refractivity contribution in [3.05, 3.63) is 17.5 Å². The highest BCUT2D eigenvalue weighted by molar-refractivity contribution is 6.02. The van der Waals surface area contributed by atoms with Gasteiger partial charge in [-0.3, -0.25) is 24.0 Å². The molecule has 3 rings (SSSR count). The Morgan fingerprint density at radius 1 is 1.19 bits per heavy atom. The maximum absolute atomic E-state index is 12.4. The predicted molar refractivity (Wildman–Crippen MR) is 96.3 cm³/mol. The van der Waals surface area contributed by atoms with Gasteiger partial charge in [-0.15, -0.1) is 0 Å². The molecule has 3 amide bonds. The molecule has 1 aromatic heterocycles. The fourth-order valence-electron chi connectivity index (χ4n) is 4.21. The Morgan fingerprint density at radius 2 is 1.81 bits per heavy atom. The van der Waals surface area contributed by atoms with E-state index in [9.17, 15) is 14.4 Å². The number of hydrogen-bond donors (Lipinski definition) is 1. The minimum absolute atomic E-state index is 0.0132. The smallest absolute Gasteiger partial charge is 0.229 e. The summed E-state index contributed by atoms with van der Waals surface area (Å²) in [5, 5.41) is 7.56. The van der Waals surface area contributed by atoms with Gasteiger partial charge in [0.25, 0.3) is 0 Å². The molecule has 2 aliphatic rings. The first kappa shape index (κ1) is 18.6. The normalized spacial score (nSPS) is 24.8. The number of carbonyl (C=O) groups is 3. The maximum atomic E-state index is 12.4. The van der Waals surface area contributed by atoms with Gasteiger partial charge in [0.05, 0.1) is 11.7 Å². The van der Waals surface area contributed by atoms with Crippen molar-refractivity contribution in [2.45, 2.75) is 83.8 Å². The highest BCUT2D eigenvalue weighted by Gasteiger charge is 2.37. The van der Waals surface area contributed by atoms with Gasteiger partial charge in [-0.05, 0) is 52.5 Å². The quantitative estimate of drug-likeness (QED) is 0.814. The van der Waals surface area contributed by atoms with Gasteiger partial charge in [0.2, 0.25) is 17.7 Å². The number of imide groups is 1. The van der Waals surface area contributed by atoms with Crippen LogP contribution in [0.2, 0.25) is 0 Å². The van der Waals surface area contributed by atoms with Gasteiger partial charge in [0.1, 0.15) is 0 Å². The van der Waals surface area contributed by atoms with Crippen LogP contribution in [0.4, 0.5) is 0 Å². The zero-order chi connectivity index (χ0) is 18.8. The molecule has 7 heteroatoms. The molecular weight excluding hydrogens is 332 g/mol. The van der Waals surface area contributed by atoms with Crippen molar-refractivity contribution in [2.24, 2.45) is 0 Å². The van der Waals surface area contributed by atoms with Crippen LogP contribution in [0.3, 0.4) is 0 Å². The third-order valence-electron chi connectivity index (χ3n) is 5.46. The number of nitrogens with one attached hydrogen (secondary N) is 1. The molecule has 1 aliphatic heterocycles. The number of hydrogen-bond acceptors (Lipinski definition) is 4. The van der Waals surface area contributed by atoms with E-state index in [1.54, 1.807) is 0 Å². The summed E-state index contributed by atoms with van der Waals surface area (Å²) in [6.45, 7) is 5.95. The summed E-state index contributed by atoms with van der Waals surface area (Å²) in [5.41, 5.74) is 2.02. The fraction of sp³-hybridized carbons (Fsp3) is 0.684. The van der Waals surface area contributed by atoms with E-state index in [2.05, 4.69) is 10.4 Å². The minimum Gasteiger partial charge on any atom is -0.353 e. The molecule has 26 heavy (non-hydrogen) atoms. The van der Waals surface area contributed by atoms with E-state index in [1.807, 2.05) is 31.5 Å². The molecule has 142 valence electrons. The zero-order valence-corrected chi connectivity index (χ0v) is 15.8. The lowest BCUT2D eigenvalue weighted by Gasteiger charge is -2.33. The molecule has 2 heterocycles. The van der Waals surface area contributed by atoms with E-state index < -0.39 is 0 Å². The maximum Gasteiger partial charge on any atom is 0.229 e. The average molecular weight is 360 g/mol. The lowest BCUT2D eigenvalue weighted by Crippen LogP contribution is -2.46.